The number of nitrogens with two attached hydrogens (primary N) is 1. The van der Waals surface area contributed by atoms with Crippen LogP contribution in [0.5, 0.6) is 0 Å². The van der Waals surface area contributed by atoms with Gasteiger partial charge in [-0.2, -0.15) is 0 Å². The number of rotatable bonds is 9. The Morgan fingerprint density at radius 3 is 2.85 bits per heavy atom. The van der Waals surface area contributed by atoms with E-state index in [4.69, 9.17) is 10.5 Å². The van der Waals surface area contributed by atoms with Gasteiger partial charge in [0.25, 0.3) is 0 Å². The van der Waals surface area contributed by atoms with E-state index in [1.54, 1.807) is 30.6 Å². The van der Waals surface area contributed by atoms with Gasteiger partial charge >= 0.3 is 5.97 Å². The third-order valence-electron chi connectivity index (χ3n) is 4.12. The van der Waals surface area contributed by atoms with Crippen molar-refractivity contribution in [3.8, 4) is 0 Å². The Hall–Kier alpha value is -2.77. The smallest absolute Gasteiger partial charge is 0.335 e. The second kappa shape index (κ2) is 8.55. The van der Waals surface area contributed by atoms with Gasteiger partial charge in [0.1, 0.15) is 5.82 Å². The number of nitrogens with zero attached hydrogens (tertiary/aromatic N) is 2. The Kier molecular flexibility index (Phi) is 5.93. The van der Waals surface area contributed by atoms with Crippen LogP contribution in [0.1, 0.15) is 23.2 Å². The van der Waals surface area contributed by atoms with E-state index in [1.807, 2.05) is 6.07 Å². The van der Waals surface area contributed by atoms with Crippen LogP contribution in [-0.2, 0) is 4.74 Å². The number of carbonyl (C=O) groups is 1. The molecule has 1 aromatic carbocycles. The molecule has 0 fully saturated rings. The van der Waals surface area contributed by atoms with Gasteiger partial charge in [-0.25, -0.2) is 9.78 Å². The number of aromatic nitrogens is 2. The number of anilines is 1. The number of hydrogen-bond donors (Lipinski definition) is 3. The molecule has 0 radical (unpaired) electrons. The third-order valence-corrected chi connectivity index (χ3v) is 4.12. The van der Waals surface area contributed by atoms with Crippen molar-refractivity contribution in [1.82, 2.24) is 9.97 Å². The molecule has 26 heavy (non-hydrogen) atoms. The predicted molar refractivity (Wildman–Crippen MR) is 102 cm³/mol. The molecule has 0 bridgehead atoms. The molecule has 2 aromatic heterocycles. The number of unbranched alkanes of at least 4 members (excludes halogenated alkanes) is 1. The summed E-state index contributed by atoms with van der Waals surface area (Å²) in [6, 6.07) is 6.84. The first kappa shape index (κ1) is 18.0. The van der Waals surface area contributed by atoms with Crippen molar-refractivity contribution in [3.05, 3.63) is 42.2 Å². The minimum absolute atomic E-state index is 0.211. The van der Waals surface area contributed by atoms with Gasteiger partial charge in [0.05, 0.1) is 17.7 Å². The van der Waals surface area contributed by atoms with E-state index in [2.05, 4.69) is 15.3 Å². The molecule has 3 rings (SSSR count). The van der Waals surface area contributed by atoms with Crippen LogP contribution in [0, 0.1) is 0 Å². The second-order valence-electron chi connectivity index (χ2n) is 5.95. The predicted octanol–water partition coefficient (Wildman–Crippen LogP) is 2.65. The highest BCUT2D eigenvalue weighted by molar-refractivity contribution is 6.10. The van der Waals surface area contributed by atoms with Crippen LogP contribution < -0.4 is 11.1 Å². The van der Waals surface area contributed by atoms with E-state index < -0.39 is 5.97 Å². The summed E-state index contributed by atoms with van der Waals surface area (Å²) in [6.07, 6.45) is 5.41. The summed E-state index contributed by atoms with van der Waals surface area (Å²) in [6.45, 7) is 2.54. The Morgan fingerprint density at radius 1 is 1.15 bits per heavy atom. The van der Waals surface area contributed by atoms with Gasteiger partial charge in [-0.15, -0.1) is 0 Å². The summed E-state index contributed by atoms with van der Waals surface area (Å²) in [4.78, 5) is 20.0. The van der Waals surface area contributed by atoms with E-state index in [0.29, 0.717) is 37.6 Å². The standard InChI is InChI=1S/C19H22N4O3/c20-6-1-2-9-26-10-8-22-18-15-5-7-21-12-16(15)14-4-3-13(19(24)25)11-17(14)23-18/h3-5,7,11-12H,1-2,6,8-10,20H2,(H,22,23)(H,24,25). The van der Waals surface area contributed by atoms with Crippen molar-refractivity contribution in [2.45, 2.75) is 12.8 Å². The zero-order chi connectivity index (χ0) is 18.4. The number of ether oxygens (including phenoxy) is 1. The third kappa shape index (κ3) is 4.07. The first-order valence-electron chi connectivity index (χ1n) is 8.63. The first-order chi connectivity index (χ1) is 12.7. The zero-order valence-electron chi connectivity index (χ0n) is 14.4. The topological polar surface area (TPSA) is 110 Å². The summed E-state index contributed by atoms with van der Waals surface area (Å²) in [7, 11) is 0. The van der Waals surface area contributed by atoms with E-state index in [-0.39, 0.29) is 5.56 Å². The van der Waals surface area contributed by atoms with E-state index in [0.717, 1.165) is 29.0 Å². The molecular formula is C19H22N4O3. The van der Waals surface area contributed by atoms with Crippen LogP contribution in [0.3, 0.4) is 0 Å². The number of pyridine rings is 2. The maximum absolute atomic E-state index is 11.2. The molecule has 2 heterocycles. The number of carboxylic acid groups (broad SMARTS) is 1. The molecule has 136 valence electrons. The molecule has 0 aliphatic rings. The number of hydrogen-bond acceptors (Lipinski definition) is 6. The highest BCUT2D eigenvalue weighted by atomic mass is 16.5. The highest BCUT2D eigenvalue weighted by Gasteiger charge is 2.11. The van der Waals surface area contributed by atoms with Crippen LogP contribution in [0.4, 0.5) is 5.82 Å². The minimum Gasteiger partial charge on any atom is -0.478 e. The van der Waals surface area contributed by atoms with Crippen LogP contribution in [0.2, 0.25) is 0 Å². The van der Waals surface area contributed by atoms with Crippen LogP contribution >= 0.6 is 0 Å². The van der Waals surface area contributed by atoms with Gasteiger partial charge in [0.15, 0.2) is 0 Å². The van der Waals surface area contributed by atoms with Gasteiger partial charge in [-0.05, 0) is 37.6 Å². The Balaban J connectivity index is 1.82. The molecule has 0 spiro atoms. The van der Waals surface area contributed by atoms with Crippen molar-refractivity contribution in [2.75, 3.05) is 31.6 Å². The summed E-state index contributed by atoms with van der Waals surface area (Å²) in [5.74, 6) is -0.275. The molecule has 0 aliphatic heterocycles. The Labute approximate surface area is 151 Å². The Bertz CT molecular complexity index is 914. The van der Waals surface area contributed by atoms with Crippen molar-refractivity contribution in [2.24, 2.45) is 5.73 Å². The van der Waals surface area contributed by atoms with Gasteiger partial charge in [-0.1, -0.05) is 6.07 Å². The lowest BCUT2D eigenvalue weighted by Gasteiger charge is -2.12. The zero-order valence-corrected chi connectivity index (χ0v) is 14.4. The molecule has 4 N–H and O–H groups in total. The molecule has 7 heteroatoms. The van der Waals surface area contributed by atoms with E-state index >= 15 is 0 Å². The van der Waals surface area contributed by atoms with Crippen molar-refractivity contribution < 1.29 is 14.6 Å². The molecule has 0 aliphatic carbocycles. The summed E-state index contributed by atoms with van der Waals surface area (Å²) < 4.78 is 5.57. The maximum atomic E-state index is 11.2. The van der Waals surface area contributed by atoms with Crippen molar-refractivity contribution in [1.29, 1.82) is 0 Å². The van der Waals surface area contributed by atoms with Crippen LogP contribution in [-0.4, -0.2) is 47.3 Å². The molecule has 0 unspecified atom stereocenters. The lowest BCUT2D eigenvalue weighted by molar-refractivity contribution is 0.0697. The number of nitrogens with one attached hydrogen (secondary N) is 1. The first-order valence-corrected chi connectivity index (χ1v) is 8.63. The average Bonchev–Trinajstić information content (AvgIpc) is 2.66. The second-order valence-corrected chi connectivity index (χ2v) is 5.95. The fraction of sp³-hybridized carbons (Fsp3) is 0.316. The number of fused-ring (bicyclic) bond motifs is 3. The lowest BCUT2D eigenvalue weighted by atomic mass is 10.1. The number of benzene rings is 1. The summed E-state index contributed by atoms with van der Waals surface area (Å²) in [5, 5.41) is 15.2. The lowest BCUT2D eigenvalue weighted by Crippen LogP contribution is -2.12. The van der Waals surface area contributed by atoms with Gasteiger partial charge in [0.2, 0.25) is 0 Å². The van der Waals surface area contributed by atoms with Crippen LogP contribution in [0.15, 0.2) is 36.7 Å². The van der Waals surface area contributed by atoms with E-state index in [9.17, 15) is 9.90 Å². The monoisotopic (exact) mass is 354 g/mol. The van der Waals surface area contributed by atoms with E-state index in [1.165, 1.54) is 0 Å². The number of carboxylic acids is 1. The summed E-state index contributed by atoms with van der Waals surface area (Å²) >= 11 is 0. The van der Waals surface area contributed by atoms with Gasteiger partial charge in [-0.3, -0.25) is 4.98 Å². The molecule has 7 nitrogen and oxygen atoms in total. The fourth-order valence-electron chi connectivity index (χ4n) is 2.81. The highest BCUT2D eigenvalue weighted by Crippen LogP contribution is 2.29. The largest absolute Gasteiger partial charge is 0.478 e. The molecule has 0 amide bonds. The quantitative estimate of drug-likeness (QED) is 0.400. The molecule has 0 saturated heterocycles. The Morgan fingerprint density at radius 2 is 2.04 bits per heavy atom. The molecule has 3 aromatic rings. The normalized spacial score (nSPS) is 11.1. The molecular weight excluding hydrogens is 332 g/mol. The molecule has 0 saturated carbocycles. The van der Waals surface area contributed by atoms with Crippen LogP contribution in [0.25, 0.3) is 21.7 Å². The molecule has 0 atom stereocenters. The summed E-state index contributed by atoms with van der Waals surface area (Å²) in [5.41, 5.74) is 6.29. The number of aromatic carboxylic acids is 1. The minimum atomic E-state index is -0.972. The fourth-order valence-corrected chi connectivity index (χ4v) is 2.81. The van der Waals surface area contributed by atoms with Gasteiger partial charge in [0, 0.05) is 41.7 Å². The average molecular weight is 354 g/mol. The van der Waals surface area contributed by atoms with Crippen molar-refractivity contribution >= 4 is 33.5 Å². The maximum Gasteiger partial charge on any atom is 0.335 e. The SMILES string of the molecule is NCCCCOCCNc1nc2cc(C(=O)O)ccc2c2cnccc12. The van der Waals surface area contributed by atoms with Crippen molar-refractivity contribution in [3.63, 3.8) is 0 Å². The van der Waals surface area contributed by atoms with Gasteiger partial charge < -0.3 is 20.9 Å².